The summed E-state index contributed by atoms with van der Waals surface area (Å²) in [5.74, 6) is 3.59. The summed E-state index contributed by atoms with van der Waals surface area (Å²) in [6.45, 7) is 43.1. The number of aryl methyl sites for hydroxylation is 1. The van der Waals surface area contributed by atoms with Crippen LogP contribution in [0.3, 0.4) is 0 Å². The average molecular weight is 923 g/mol. The molecule has 0 radical (unpaired) electrons. The summed E-state index contributed by atoms with van der Waals surface area (Å²) in [7, 11) is 0.583. The third kappa shape index (κ3) is 15.7. The Morgan fingerprint density at radius 1 is 0.469 bits per heavy atom. The van der Waals surface area contributed by atoms with Gasteiger partial charge in [-0.3, -0.25) is 0 Å². The summed E-state index contributed by atoms with van der Waals surface area (Å²) in [5, 5.41) is 2.38. The van der Waals surface area contributed by atoms with Gasteiger partial charge in [-0.15, -0.1) is 0 Å². The normalized spacial score (nSPS) is 13.1. The van der Waals surface area contributed by atoms with Crippen molar-refractivity contribution in [3.05, 3.63) is 136 Å². The van der Waals surface area contributed by atoms with Crippen LogP contribution in [0.2, 0.25) is 0 Å². The Kier molecular flexibility index (Phi) is 18.4. The van der Waals surface area contributed by atoms with Gasteiger partial charge in [0, 0.05) is 27.3 Å². The molecule has 0 aliphatic rings. The Balaban J connectivity index is 0.000000376. The maximum Gasteiger partial charge on any atom is 0.215 e. The fourth-order valence-corrected chi connectivity index (χ4v) is 9.19. The van der Waals surface area contributed by atoms with Gasteiger partial charge in [-0.25, -0.2) is 0 Å². The SMILES string of the molecule is CC(C)Cc1ccc(OPc2ccc(-c3ccc(POc4ccc(C(C)(C)C)cc4C(C)(C)C)cc3)cc2)c(C(C)(C)C)c1.CCOPOc1c(C)cc(C(C)(C)C)cc1C(C)(C)C. The molecule has 0 N–H and O–H groups in total. The molecule has 64 heavy (non-hydrogen) atoms. The second kappa shape index (κ2) is 22.0. The van der Waals surface area contributed by atoms with Gasteiger partial charge in [0.2, 0.25) is 9.03 Å². The van der Waals surface area contributed by atoms with Crippen molar-refractivity contribution in [2.45, 2.75) is 165 Å². The Morgan fingerprint density at radius 2 is 0.906 bits per heavy atom. The van der Waals surface area contributed by atoms with Gasteiger partial charge in [0.25, 0.3) is 0 Å². The van der Waals surface area contributed by atoms with Crippen LogP contribution in [0.25, 0.3) is 11.1 Å². The zero-order valence-electron chi connectivity index (χ0n) is 42.9. The van der Waals surface area contributed by atoms with Crippen molar-refractivity contribution in [1.82, 2.24) is 0 Å². The van der Waals surface area contributed by atoms with Crippen molar-refractivity contribution in [1.29, 1.82) is 0 Å². The van der Waals surface area contributed by atoms with E-state index >= 15 is 0 Å². The third-order valence-electron chi connectivity index (χ3n) is 11.1. The Labute approximate surface area is 395 Å². The van der Waals surface area contributed by atoms with Gasteiger partial charge < -0.3 is 18.1 Å². The lowest BCUT2D eigenvalue weighted by Crippen LogP contribution is -2.17. The molecule has 0 aromatic heterocycles. The first-order chi connectivity index (χ1) is 29.6. The molecule has 0 spiro atoms. The van der Waals surface area contributed by atoms with E-state index in [9.17, 15) is 0 Å². The van der Waals surface area contributed by atoms with Gasteiger partial charge in [0.15, 0.2) is 0 Å². The van der Waals surface area contributed by atoms with Gasteiger partial charge in [0.05, 0.1) is 6.61 Å². The van der Waals surface area contributed by atoms with Crippen LogP contribution in [-0.4, -0.2) is 6.61 Å². The van der Waals surface area contributed by atoms with E-state index in [0.717, 1.165) is 23.7 Å². The number of rotatable bonds is 13. The predicted molar refractivity (Wildman–Crippen MR) is 286 cm³/mol. The van der Waals surface area contributed by atoms with Crippen LogP contribution in [0.4, 0.5) is 0 Å². The van der Waals surface area contributed by atoms with Crippen LogP contribution >= 0.6 is 26.6 Å². The molecular weight excluding hydrogens is 842 g/mol. The second-order valence-electron chi connectivity index (χ2n) is 22.7. The third-order valence-corrected chi connectivity index (χ3v) is 13.6. The highest BCUT2D eigenvalue weighted by Crippen LogP contribution is 2.41. The van der Waals surface area contributed by atoms with Crippen molar-refractivity contribution in [3.63, 3.8) is 0 Å². The summed E-state index contributed by atoms with van der Waals surface area (Å²) < 4.78 is 24.1. The molecule has 3 unspecified atom stereocenters. The van der Waals surface area contributed by atoms with Crippen molar-refractivity contribution in [2.24, 2.45) is 5.92 Å². The minimum atomic E-state index is 0.00959. The van der Waals surface area contributed by atoms with Crippen molar-refractivity contribution in [3.8, 4) is 28.4 Å². The fraction of sp³-hybridized carbons (Fsp3) is 0.474. The molecule has 7 heteroatoms. The van der Waals surface area contributed by atoms with E-state index in [4.69, 9.17) is 18.1 Å². The van der Waals surface area contributed by atoms with Crippen LogP contribution in [0.5, 0.6) is 17.2 Å². The lowest BCUT2D eigenvalue weighted by atomic mass is 9.79. The molecule has 0 aliphatic heterocycles. The lowest BCUT2D eigenvalue weighted by Gasteiger charge is -2.28. The zero-order chi connectivity index (χ0) is 47.8. The zero-order valence-corrected chi connectivity index (χ0v) is 45.9. The van der Waals surface area contributed by atoms with Crippen LogP contribution in [0, 0.1) is 12.8 Å². The van der Waals surface area contributed by atoms with E-state index in [2.05, 4.69) is 222 Å². The van der Waals surface area contributed by atoms with Crippen LogP contribution in [-0.2, 0) is 38.0 Å². The molecule has 0 bridgehead atoms. The standard InChI is InChI=1S/C40H52O2P2.C17H29O2P/c1-27(2)24-28-12-22-36(34(25-28)39(6,7)8)41-43-32-18-13-29(14-19-32)30-15-20-33(21-16-30)44-42-37-23-17-31(38(3,4)5)26-35(37)40(9,10)11;1-9-18-20-19-15-12(2)10-13(16(3,4)5)11-14(15)17(6,7)8/h12-23,25-27,43-44H,24H2,1-11H3;10-11,20H,9H2,1-8H3. The predicted octanol–water partition coefficient (Wildman–Crippen LogP) is 16.6. The van der Waals surface area contributed by atoms with Crippen LogP contribution in [0.15, 0.2) is 97.1 Å². The van der Waals surface area contributed by atoms with E-state index in [1.807, 2.05) is 6.92 Å². The van der Waals surface area contributed by atoms with Crippen LogP contribution in [0.1, 0.15) is 164 Å². The average Bonchev–Trinajstić information content (AvgIpc) is 3.18. The second-order valence-corrected chi connectivity index (χ2v) is 25.4. The van der Waals surface area contributed by atoms with E-state index in [1.165, 1.54) is 60.7 Å². The van der Waals surface area contributed by atoms with E-state index in [1.54, 1.807) is 0 Å². The number of benzene rings is 5. The molecule has 0 aliphatic carbocycles. The summed E-state index contributed by atoms with van der Waals surface area (Å²) in [6.07, 6.45) is 1.09. The first-order valence-electron chi connectivity index (χ1n) is 23.1. The topological polar surface area (TPSA) is 36.9 Å². The molecule has 0 heterocycles. The molecule has 0 saturated carbocycles. The largest absolute Gasteiger partial charge is 0.472 e. The van der Waals surface area contributed by atoms with E-state index in [-0.39, 0.29) is 53.7 Å². The van der Waals surface area contributed by atoms with Gasteiger partial charge in [-0.1, -0.05) is 203 Å². The molecule has 4 nitrogen and oxygen atoms in total. The summed E-state index contributed by atoms with van der Waals surface area (Å²) >= 11 is 0. The van der Waals surface area contributed by atoms with Crippen molar-refractivity contribution >= 4 is 37.3 Å². The molecule has 0 saturated heterocycles. The molecule has 5 aromatic rings. The first-order valence-corrected chi connectivity index (χ1v) is 25.7. The van der Waals surface area contributed by atoms with Gasteiger partial charge in [0.1, 0.15) is 34.9 Å². The molecule has 3 atom stereocenters. The lowest BCUT2D eigenvalue weighted by molar-refractivity contribution is 0.348. The van der Waals surface area contributed by atoms with Crippen LogP contribution < -0.4 is 24.2 Å². The van der Waals surface area contributed by atoms with E-state index in [0.29, 0.717) is 12.5 Å². The van der Waals surface area contributed by atoms with Gasteiger partial charge in [-0.2, -0.15) is 0 Å². The van der Waals surface area contributed by atoms with Gasteiger partial charge >= 0.3 is 0 Å². The molecule has 0 fully saturated rings. The minimum absolute atomic E-state index is 0.00959. The fourth-order valence-electron chi connectivity index (χ4n) is 7.24. The molecule has 5 aromatic carbocycles. The molecule has 5 rings (SSSR count). The molecular formula is C57H81O4P3. The highest BCUT2D eigenvalue weighted by molar-refractivity contribution is 7.42. The summed E-state index contributed by atoms with van der Waals surface area (Å²) in [6, 6.07) is 35.5. The maximum atomic E-state index is 6.41. The monoisotopic (exact) mass is 923 g/mol. The minimum Gasteiger partial charge on any atom is -0.472 e. The quantitative estimate of drug-likeness (QED) is 0.0871. The Bertz CT molecular complexity index is 2260. The Morgan fingerprint density at radius 3 is 1.33 bits per heavy atom. The smallest absolute Gasteiger partial charge is 0.215 e. The summed E-state index contributed by atoms with van der Waals surface area (Å²) in [4.78, 5) is 0. The summed E-state index contributed by atoms with van der Waals surface area (Å²) in [5.41, 5.74) is 11.8. The molecule has 348 valence electrons. The number of hydrogen-bond acceptors (Lipinski definition) is 4. The van der Waals surface area contributed by atoms with Crippen molar-refractivity contribution < 1.29 is 18.1 Å². The number of hydrogen-bond donors (Lipinski definition) is 0. The maximum absolute atomic E-state index is 6.41. The van der Waals surface area contributed by atoms with Gasteiger partial charge in [-0.05, 0) is 98.8 Å². The Hall–Kier alpha value is -3.25. The highest BCUT2D eigenvalue weighted by atomic mass is 31.1. The highest BCUT2D eigenvalue weighted by Gasteiger charge is 2.26. The first kappa shape index (κ1) is 53.4. The molecule has 0 amide bonds. The van der Waals surface area contributed by atoms with Crippen molar-refractivity contribution in [2.75, 3.05) is 6.61 Å². The van der Waals surface area contributed by atoms with E-state index < -0.39 is 0 Å².